The molecular formula is C17H32O2. The Labute approximate surface area is 119 Å². The molecule has 0 spiro atoms. The van der Waals surface area contributed by atoms with Crippen LogP contribution in [-0.4, -0.2) is 11.6 Å². The molecule has 0 aliphatic heterocycles. The average molecular weight is 268 g/mol. The van der Waals surface area contributed by atoms with Gasteiger partial charge in [0.25, 0.3) is 0 Å². The van der Waals surface area contributed by atoms with Gasteiger partial charge in [-0.2, -0.15) is 0 Å². The molecule has 0 atom stereocenters. The number of hydrogen-bond acceptors (Lipinski definition) is 2. The molecule has 0 heterocycles. The van der Waals surface area contributed by atoms with E-state index < -0.39 is 0 Å². The van der Waals surface area contributed by atoms with Crippen LogP contribution in [0, 0.1) is 0 Å². The summed E-state index contributed by atoms with van der Waals surface area (Å²) in [5, 5.41) is 0. The van der Waals surface area contributed by atoms with Crippen LogP contribution < -0.4 is 0 Å². The van der Waals surface area contributed by atoms with Gasteiger partial charge in [0.05, 0.1) is 0 Å². The molecule has 0 aliphatic carbocycles. The highest BCUT2D eigenvalue weighted by Crippen LogP contribution is 2.28. The van der Waals surface area contributed by atoms with Crippen LogP contribution in [0.5, 0.6) is 0 Å². The molecule has 0 saturated carbocycles. The van der Waals surface area contributed by atoms with Crippen molar-refractivity contribution in [1.29, 1.82) is 0 Å². The number of carbonyl (C=O) groups excluding carboxylic acids is 1. The summed E-state index contributed by atoms with van der Waals surface area (Å²) >= 11 is 0. The summed E-state index contributed by atoms with van der Waals surface area (Å²) in [5.41, 5.74) is 0.218. The van der Waals surface area contributed by atoms with Gasteiger partial charge in [0.15, 0.2) is 0 Å². The summed E-state index contributed by atoms with van der Waals surface area (Å²) in [6, 6.07) is 0. The maximum absolute atomic E-state index is 11.7. The lowest BCUT2D eigenvalue weighted by atomic mass is 9.90. The number of hydrogen-bond donors (Lipinski definition) is 0. The van der Waals surface area contributed by atoms with E-state index >= 15 is 0 Å². The highest BCUT2D eigenvalue weighted by atomic mass is 16.6. The molecule has 2 nitrogen and oxygen atoms in total. The minimum absolute atomic E-state index is 0.241. The highest BCUT2D eigenvalue weighted by Gasteiger charge is 2.30. The van der Waals surface area contributed by atoms with Gasteiger partial charge in [0.1, 0.15) is 5.60 Å². The van der Waals surface area contributed by atoms with E-state index in [1.807, 2.05) is 0 Å². The van der Waals surface area contributed by atoms with E-state index in [4.69, 9.17) is 4.74 Å². The van der Waals surface area contributed by atoms with Crippen LogP contribution in [0.25, 0.3) is 0 Å². The second-order valence-electron chi connectivity index (χ2n) is 5.58. The van der Waals surface area contributed by atoms with Gasteiger partial charge in [-0.15, -0.1) is 0 Å². The van der Waals surface area contributed by atoms with Gasteiger partial charge < -0.3 is 4.74 Å². The zero-order valence-corrected chi connectivity index (χ0v) is 13.4. The first-order chi connectivity index (χ1) is 9.01. The molecule has 0 amide bonds. The zero-order chi connectivity index (χ0) is 14.7. The van der Waals surface area contributed by atoms with E-state index in [1.165, 1.54) is 32.1 Å². The van der Waals surface area contributed by atoms with E-state index in [2.05, 4.69) is 27.4 Å². The predicted octanol–water partition coefficient (Wildman–Crippen LogP) is 5.42. The van der Waals surface area contributed by atoms with Crippen molar-refractivity contribution in [3.8, 4) is 0 Å². The average Bonchev–Trinajstić information content (AvgIpc) is 2.41. The third-order valence-corrected chi connectivity index (χ3v) is 3.93. The molecule has 0 fully saturated rings. The Bertz CT molecular complexity index is 264. The molecule has 0 aromatic rings. The Morgan fingerprint density at radius 1 is 1.00 bits per heavy atom. The predicted molar refractivity (Wildman–Crippen MR) is 82.2 cm³/mol. The first-order valence-electron chi connectivity index (χ1n) is 7.90. The van der Waals surface area contributed by atoms with Crippen molar-refractivity contribution < 1.29 is 9.53 Å². The molecule has 0 aromatic carbocycles. The lowest BCUT2D eigenvalue weighted by molar-refractivity contribution is -0.156. The standard InChI is InChI=1S/C17H32O2/c1-6-9-10-11-12-13-14-17(7-2,8-3)19-16(18)15(4)5/h4,6-14H2,1-3,5H3. The fraction of sp³-hybridized carbons (Fsp3) is 0.824. The molecule has 0 N–H and O–H groups in total. The van der Waals surface area contributed by atoms with Crippen LogP contribution in [0.15, 0.2) is 12.2 Å². The van der Waals surface area contributed by atoms with Crippen LogP contribution in [0.4, 0.5) is 0 Å². The van der Waals surface area contributed by atoms with Gasteiger partial charge in [0.2, 0.25) is 0 Å². The smallest absolute Gasteiger partial charge is 0.333 e. The number of carbonyl (C=O) groups is 1. The van der Waals surface area contributed by atoms with E-state index in [0.717, 1.165) is 25.7 Å². The fourth-order valence-electron chi connectivity index (χ4n) is 2.31. The summed E-state index contributed by atoms with van der Waals surface area (Å²) in [4.78, 5) is 11.7. The summed E-state index contributed by atoms with van der Waals surface area (Å²) in [6.07, 6.45) is 10.4. The van der Waals surface area contributed by atoms with Crippen LogP contribution in [0.3, 0.4) is 0 Å². The molecule has 0 aliphatic rings. The summed E-state index contributed by atoms with van der Waals surface area (Å²) in [7, 11) is 0. The molecule has 2 heteroatoms. The van der Waals surface area contributed by atoms with Gasteiger partial charge in [-0.3, -0.25) is 0 Å². The Balaban J connectivity index is 4.16. The van der Waals surface area contributed by atoms with Crippen molar-refractivity contribution in [3.63, 3.8) is 0 Å². The van der Waals surface area contributed by atoms with Crippen molar-refractivity contribution in [3.05, 3.63) is 12.2 Å². The monoisotopic (exact) mass is 268 g/mol. The summed E-state index contributed by atoms with van der Waals surface area (Å²) < 4.78 is 5.69. The first kappa shape index (κ1) is 18.2. The van der Waals surface area contributed by atoms with Gasteiger partial charge in [0, 0.05) is 5.57 Å². The van der Waals surface area contributed by atoms with Crippen LogP contribution in [0.1, 0.15) is 85.5 Å². The first-order valence-corrected chi connectivity index (χ1v) is 7.90. The Kier molecular flexibility index (Phi) is 9.63. The Morgan fingerprint density at radius 2 is 1.53 bits per heavy atom. The van der Waals surface area contributed by atoms with Gasteiger partial charge >= 0.3 is 5.97 Å². The van der Waals surface area contributed by atoms with Gasteiger partial charge in [-0.25, -0.2) is 4.79 Å². The van der Waals surface area contributed by atoms with Crippen molar-refractivity contribution >= 4 is 5.97 Å². The quantitative estimate of drug-likeness (QED) is 0.284. The third-order valence-electron chi connectivity index (χ3n) is 3.93. The Morgan fingerprint density at radius 3 is 2.00 bits per heavy atom. The van der Waals surface area contributed by atoms with Crippen molar-refractivity contribution in [1.82, 2.24) is 0 Å². The lowest BCUT2D eigenvalue weighted by Gasteiger charge is -2.31. The second kappa shape index (κ2) is 10.1. The van der Waals surface area contributed by atoms with Crippen molar-refractivity contribution in [2.45, 2.75) is 91.1 Å². The van der Waals surface area contributed by atoms with E-state index in [0.29, 0.717) is 5.57 Å². The molecule has 0 rings (SSSR count). The summed E-state index contributed by atoms with van der Waals surface area (Å²) in [6.45, 7) is 11.8. The molecule has 0 saturated heterocycles. The maximum atomic E-state index is 11.7. The van der Waals surface area contributed by atoms with Crippen LogP contribution in [0.2, 0.25) is 0 Å². The molecule has 0 aromatic heterocycles. The van der Waals surface area contributed by atoms with Crippen LogP contribution in [-0.2, 0) is 9.53 Å². The minimum atomic E-state index is -0.277. The molecule has 19 heavy (non-hydrogen) atoms. The number of unbranched alkanes of at least 4 members (excludes halogenated alkanes) is 5. The number of ether oxygens (including phenoxy) is 1. The van der Waals surface area contributed by atoms with E-state index in [1.54, 1.807) is 6.92 Å². The van der Waals surface area contributed by atoms with E-state index in [9.17, 15) is 4.79 Å². The largest absolute Gasteiger partial charge is 0.456 e. The van der Waals surface area contributed by atoms with Crippen molar-refractivity contribution in [2.75, 3.05) is 0 Å². The molecule has 0 radical (unpaired) electrons. The zero-order valence-electron chi connectivity index (χ0n) is 13.4. The highest BCUT2D eigenvalue weighted by molar-refractivity contribution is 5.87. The minimum Gasteiger partial charge on any atom is -0.456 e. The Hall–Kier alpha value is -0.790. The lowest BCUT2D eigenvalue weighted by Crippen LogP contribution is -2.34. The second-order valence-corrected chi connectivity index (χ2v) is 5.58. The topological polar surface area (TPSA) is 26.3 Å². The maximum Gasteiger partial charge on any atom is 0.333 e. The molecule has 112 valence electrons. The SMILES string of the molecule is C=C(C)C(=O)OC(CC)(CC)CCCCCCCC. The van der Waals surface area contributed by atoms with Crippen LogP contribution >= 0.6 is 0 Å². The van der Waals surface area contributed by atoms with Crippen molar-refractivity contribution in [2.24, 2.45) is 0 Å². The van der Waals surface area contributed by atoms with Gasteiger partial charge in [-0.1, -0.05) is 59.5 Å². The van der Waals surface area contributed by atoms with E-state index in [-0.39, 0.29) is 11.6 Å². The normalized spacial score (nSPS) is 11.4. The van der Waals surface area contributed by atoms with Gasteiger partial charge in [-0.05, 0) is 32.6 Å². The number of esters is 1. The molecular weight excluding hydrogens is 236 g/mol. The summed E-state index contributed by atoms with van der Waals surface area (Å²) in [5.74, 6) is -0.241. The molecule has 0 bridgehead atoms. The third kappa shape index (κ3) is 7.39. The fourth-order valence-corrected chi connectivity index (χ4v) is 2.31. The number of rotatable bonds is 11. The molecule has 0 unspecified atom stereocenters.